The van der Waals surface area contributed by atoms with E-state index in [0.717, 1.165) is 5.56 Å². The van der Waals surface area contributed by atoms with E-state index >= 15 is 0 Å². The molecular formula is C14H9NO2. The summed E-state index contributed by atoms with van der Waals surface area (Å²) < 4.78 is 0. The van der Waals surface area contributed by atoms with Crippen molar-refractivity contribution < 1.29 is 9.90 Å². The van der Waals surface area contributed by atoms with E-state index in [0.29, 0.717) is 5.56 Å². The number of carbonyl (C=O) groups is 1. The molecule has 0 aliphatic carbocycles. The molecule has 0 bridgehead atoms. The van der Waals surface area contributed by atoms with E-state index in [9.17, 15) is 4.79 Å². The minimum Gasteiger partial charge on any atom is -0.476 e. The molecule has 1 N–H and O–H groups in total. The minimum atomic E-state index is -1.07. The van der Waals surface area contributed by atoms with Gasteiger partial charge < -0.3 is 5.11 Å². The second-order valence-corrected chi connectivity index (χ2v) is 3.32. The molecule has 1 aromatic carbocycles. The fraction of sp³-hybridized carbons (Fsp3) is 0. The number of benzene rings is 1. The van der Waals surface area contributed by atoms with Crippen LogP contribution in [0.15, 0.2) is 48.7 Å². The molecule has 0 saturated heterocycles. The summed E-state index contributed by atoms with van der Waals surface area (Å²) in [4.78, 5) is 14.7. The average molecular weight is 223 g/mol. The lowest BCUT2D eigenvalue weighted by molar-refractivity contribution is 0.0690. The number of aromatic carboxylic acids is 1. The molecule has 0 radical (unpaired) electrons. The number of rotatable bonds is 1. The number of carboxylic acid groups (broad SMARTS) is 1. The summed E-state index contributed by atoms with van der Waals surface area (Å²) in [6.07, 6.45) is 1.44. The molecule has 3 heteroatoms. The van der Waals surface area contributed by atoms with Crippen molar-refractivity contribution in [3.05, 3.63) is 65.5 Å². The number of nitrogens with zero attached hydrogens (tertiary/aromatic N) is 1. The Morgan fingerprint density at radius 2 is 1.82 bits per heavy atom. The molecule has 0 spiro atoms. The second-order valence-electron chi connectivity index (χ2n) is 3.32. The number of aromatic nitrogens is 1. The van der Waals surface area contributed by atoms with Gasteiger partial charge in [-0.25, -0.2) is 9.78 Å². The topological polar surface area (TPSA) is 50.2 Å². The van der Waals surface area contributed by atoms with Crippen LogP contribution in [0, 0.1) is 11.8 Å². The SMILES string of the molecule is O=C(O)c1ncccc1C#Cc1ccccc1. The summed E-state index contributed by atoms with van der Waals surface area (Å²) in [6, 6.07) is 12.7. The van der Waals surface area contributed by atoms with E-state index in [4.69, 9.17) is 5.11 Å². The molecule has 1 heterocycles. The molecule has 0 atom stereocenters. The van der Waals surface area contributed by atoms with Crippen molar-refractivity contribution in [3.63, 3.8) is 0 Å². The monoisotopic (exact) mass is 223 g/mol. The van der Waals surface area contributed by atoms with Crippen molar-refractivity contribution in [1.82, 2.24) is 4.98 Å². The van der Waals surface area contributed by atoms with Crippen LogP contribution in [0.25, 0.3) is 0 Å². The summed E-state index contributed by atoms with van der Waals surface area (Å²) in [7, 11) is 0. The van der Waals surface area contributed by atoms with Gasteiger partial charge in [0.1, 0.15) is 0 Å². The van der Waals surface area contributed by atoms with Crippen LogP contribution in [0.4, 0.5) is 0 Å². The van der Waals surface area contributed by atoms with Crippen LogP contribution in [0.5, 0.6) is 0 Å². The van der Waals surface area contributed by atoms with Gasteiger partial charge >= 0.3 is 5.97 Å². The molecule has 0 saturated carbocycles. The van der Waals surface area contributed by atoms with Crippen molar-refractivity contribution >= 4 is 5.97 Å². The maximum atomic E-state index is 10.9. The van der Waals surface area contributed by atoms with Crippen molar-refractivity contribution in [1.29, 1.82) is 0 Å². The molecule has 82 valence electrons. The third-order valence-electron chi connectivity index (χ3n) is 2.13. The highest BCUT2D eigenvalue weighted by Crippen LogP contribution is 2.04. The second kappa shape index (κ2) is 4.95. The molecule has 1 aromatic heterocycles. The first kappa shape index (κ1) is 10.9. The van der Waals surface area contributed by atoms with Gasteiger partial charge in [0.2, 0.25) is 0 Å². The molecule has 0 aliphatic heterocycles. The van der Waals surface area contributed by atoms with E-state index in [-0.39, 0.29) is 5.69 Å². The van der Waals surface area contributed by atoms with Crippen LogP contribution >= 0.6 is 0 Å². The molecule has 2 rings (SSSR count). The van der Waals surface area contributed by atoms with Gasteiger partial charge in [-0.15, -0.1) is 0 Å². The van der Waals surface area contributed by atoms with E-state index in [1.807, 2.05) is 30.3 Å². The molecule has 2 aromatic rings. The highest BCUT2D eigenvalue weighted by molar-refractivity contribution is 5.88. The smallest absolute Gasteiger partial charge is 0.355 e. The maximum Gasteiger partial charge on any atom is 0.355 e. The van der Waals surface area contributed by atoms with Gasteiger partial charge in [0.25, 0.3) is 0 Å². The van der Waals surface area contributed by atoms with Crippen molar-refractivity contribution in [2.75, 3.05) is 0 Å². The Balaban J connectivity index is 2.38. The Labute approximate surface area is 98.8 Å². The largest absolute Gasteiger partial charge is 0.476 e. The van der Waals surface area contributed by atoms with E-state index in [1.54, 1.807) is 12.1 Å². The first-order valence-electron chi connectivity index (χ1n) is 5.03. The lowest BCUT2D eigenvalue weighted by Gasteiger charge is -1.95. The third kappa shape index (κ3) is 2.70. The summed E-state index contributed by atoms with van der Waals surface area (Å²) >= 11 is 0. The van der Waals surface area contributed by atoms with Crippen LogP contribution in [0.1, 0.15) is 21.6 Å². The van der Waals surface area contributed by atoms with Gasteiger partial charge in [-0.1, -0.05) is 30.0 Å². The Bertz CT molecular complexity index is 594. The fourth-order valence-electron chi connectivity index (χ4n) is 1.34. The summed E-state index contributed by atoms with van der Waals surface area (Å²) in [5.41, 5.74) is 1.24. The molecule has 0 amide bonds. The van der Waals surface area contributed by atoms with Gasteiger partial charge in [0.15, 0.2) is 5.69 Å². The first-order valence-corrected chi connectivity index (χ1v) is 5.03. The zero-order valence-corrected chi connectivity index (χ0v) is 8.92. The molecule has 17 heavy (non-hydrogen) atoms. The third-order valence-corrected chi connectivity index (χ3v) is 2.13. The number of hydrogen-bond acceptors (Lipinski definition) is 2. The first-order chi connectivity index (χ1) is 8.27. The number of carboxylic acids is 1. The van der Waals surface area contributed by atoms with Gasteiger partial charge in [0, 0.05) is 11.8 Å². The van der Waals surface area contributed by atoms with Crippen LogP contribution in [0.3, 0.4) is 0 Å². The molecule has 0 aliphatic rings. The minimum absolute atomic E-state index is 0.0177. The predicted octanol–water partition coefficient (Wildman–Crippen LogP) is 2.18. The van der Waals surface area contributed by atoms with Crippen LogP contribution < -0.4 is 0 Å². The fourth-order valence-corrected chi connectivity index (χ4v) is 1.34. The van der Waals surface area contributed by atoms with E-state index < -0.39 is 5.97 Å². The number of pyridine rings is 1. The van der Waals surface area contributed by atoms with Crippen LogP contribution in [-0.4, -0.2) is 16.1 Å². The average Bonchev–Trinajstić information content (AvgIpc) is 2.38. The quantitative estimate of drug-likeness (QED) is 0.754. The van der Waals surface area contributed by atoms with Gasteiger partial charge in [-0.05, 0) is 24.3 Å². The molecule has 3 nitrogen and oxygen atoms in total. The lowest BCUT2D eigenvalue weighted by Crippen LogP contribution is -2.02. The zero-order chi connectivity index (χ0) is 12.1. The Kier molecular flexibility index (Phi) is 3.18. The lowest BCUT2D eigenvalue weighted by atomic mass is 10.1. The van der Waals surface area contributed by atoms with Crippen molar-refractivity contribution in [2.45, 2.75) is 0 Å². The molecular weight excluding hydrogens is 214 g/mol. The predicted molar refractivity (Wildman–Crippen MR) is 63.6 cm³/mol. The zero-order valence-electron chi connectivity index (χ0n) is 8.92. The molecule has 0 fully saturated rings. The van der Waals surface area contributed by atoms with Gasteiger partial charge in [0.05, 0.1) is 5.56 Å². The molecule has 0 unspecified atom stereocenters. The van der Waals surface area contributed by atoms with Gasteiger partial charge in [-0.3, -0.25) is 0 Å². The van der Waals surface area contributed by atoms with Crippen molar-refractivity contribution in [2.24, 2.45) is 0 Å². The Morgan fingerprint density at radius 1 is 1.06 bits per heavy atom. The standard InChI is InChI=1S/C14H9NO2/c16-14(17)13-12(7-4-10-15-13)9-8-11-5-2-1-3-6-11/h1-7,10H,(H,16,17). The van der Waals surface area contributed by atoms with Gasteiger partial charge in [-0.2, -0.15) is 0 Å². The van der Waals surface area contributed by atoms with E-state index in [2.05, 4.69) is 16.8 Å². The van der Waals surface area contributed by atoms with E-state index in [1.165, 1.54) is 6.20 Å². The Hall–Kier alpha value is -2.60. The highest BCUT2D eigenvalue weighted by Gasteiger charge is 2.08. The summed E-state index contributed by atoms with van der Waals surface area (Å²) in [5.74, 6) is 4.65. The highest BCUT2D eigenvalue weighted by atomic mass is 16.4. The van der Waals surface area contributed by atoms with Crippen LogP contribution in [-0.2, 0) is 0 Å². The maximum absolute atomic E-state index is 10.9. The summed E-state index contributed by atoms with van der Waals surface area (Å²) in [5, 5.41) is 8.93. The van der Waals surface area contributed by atoms with Crippen LogP contribution in [0.2, 0.25) is 0 Å². The van der Waals surface area contributed by atoms with Crippen molar-refractivity contribution in [3.8, 4) is 11.8 Å². The normalized spacial score (nSPS) is 9.18. The summed E-state index contributed by atoms with van der Waals surface area (Å²) in [6.45, 7) is 0. The number of hydrogen-bond donors (Lipinski definition) is 1. The Morgan fingerprint density at radius 3 is 2.53 bits per heavy atom.